The number of carbonyl (C=O) groups is 1. The average Bonchev–Trinajstić information content (AvgIpc) is 2.28. The zero-order valence-electron chi connectivity index (χ0n) is 11.4. The largest absolute Gasteiger partial charge is 0.496 e. The Hall–Kier alpha value is -1.55. The molecule has 1 rings (SSSR count). The summed E-state index contributed by atoms with van der Waals surface area (Å²) in [5, 5.41) is 9.20. The number of nitrogens with two attached hydrogens (primary N) is 1. The summed E-state index contributed by atoms with van der Waals surface area (Å²) in [6.45, 7) is 6.24. The molecule has 1 aromatic rings. The number of ether oxygens (including phenoxy) is 1. The van der Waals surface area contributed by atoms with Crippen molar-refractivity contribution in [2.24, 2.45) is 5.73 Å². The van der Waals surface area contributed by atoms with Crippen molar-refractivity contribution in [3.63, 3.8) is 0 Å². The van der Waals surface area contributed by atoms with Gasteiger partial charge in [-0.3, -0.25) is 4.79 Å². The van der Waals surface area contributed by atoms with E-state index >= 15 is 0 Å². The van der Waals surface area contributed by atoms with Crippen molar-refractivity contribution in [3.8, 4) is 5.75 Å². The lowest BCUT2D eigenvalue weighted by Gasteiger charge is -2.25. The topological polar surface area (TPSA) is 72.5 Å². The first kappa shape index (κ1) is 14.5. The van der Waals surface area contributed by atoms with Gasteiger partial charge in [0.25, 0.3) is 0 Å². The molecule has 1 unspecified atom stereocenters. The lowest BCUT2D eigenvalue weighted by atomic mass is 9.83. The van der Waals surface area contributed by atoms with E-state index < -0.39 is 11.9 Å². The molecule has 0 bridgehead atoms. The van der Waals surface area contributed by atoms with E-state index in [1.165, 1.54) is 0 Å². The first-order valence-electron chi connectivity index (χ1n) is 5.93. The molecule has 4 heteroatoms. The number of methoxy groups -OCH3 is 1. The van der Waals surface area contributed by atoms with E-state index in [0.717, 1.165) is 5.56 Å². The first-order valence-corrected chi connectivity index (χ1v) is 5.93. The van der Waals surface area contributed by atoms with Crippen molar-refractivity contribution in [1.82, 2.24) is 0 Å². The molecule has 0 saturated heterocycles. The van der Waals surface area contributed by atoms with Crippen molar-refractivity contribution >= 4 is 5.97 Å². The highest BCUT2D eigenvalue weighted by Gasteiger charge is 2.27. The number of carboxylic acid groups (broad SMARTS) is 1. The summed E-state index contributed by atoms with van der Waals surface area (Å²) in [5.41, 5.74) is 7.07. The van der Waals surface area contributed by atoms with Crippen LogP contribution < -0.4 is 10.5 Å². The van der Waals surface area contributed by atoms with E-state index in [1.54, 1.807) is 13.2 Å². The van der Waals surface area contributed by atoms with Gasteiger partial charge in [0.15, 0.2) is 0 Å². The van der Waals surface area contributed by atoms with Crippen molar-refractivity contribution in [2.45, 2.75) is 32.1 Å². The SMILES string of the molecule is COc1c(C(CN)C(=O)O)cccc1C(C)(C)C. The standard InChI is InChI=1S/C14H21NO3/c1-14(2,3)11-7-5-6-9(12(11)18-4)10(8-15)13(16)17/h5-7,10H,8,15H2,1-4H3,(H,16,17). The van der Waals surface area contributed by atoms with Crippen molar-refractivity contribution in [3.05, 3.63) is 29.3 Å². The van der Waals surface area contributed by atoms with Crippen LogP contribution in [-0.2, 0) is 10.2 Å². The maximum absolute atomic E-state index is 11.2. The van der Waals surface area contributed by atoms with Gasteiger partial charge < -0.3 is 15.6 Å². The molecule has 0 amide bonds. The second-order valence-electron chi connectivity index (χ2n) is 5.30. The van der Waals surface area contributed by atoms with E-state index in [9.17, 15) is 9.90 Å². The summed E-state index contributed by atoms with van der Waals surface area (Å²) in [7, 11) is 1.56. The third kappa shape index (κ3) is 2.82. The van der Waals surface area contributed by atoms with Crippen LogP contribution in [0.25, 0.3) is 0 Å². The van der Waals surface area contributed by atoms with E-state index in [-0.39, 0.29) is 12.0 Å². The Morgan fingerprint density at radius 3 is 2.44 bits per heavy atom. The van der Waals surface area contributed by atoms with E-state index in [1.807, 2.05) is 12.1 Å². The Balaban J connectivity index is 3.42. The van der Waals surface area contributed by atoms with Gasteiger partial charge in [0.2, 0.25) is 0 Å². The summed E-state index contributed by atoms with van der Waals surface area (Å²) in [6, 6.07) is 5.57. The summed E-state index contributed by atoms with van der Waals surface area (Å²) < 4.78 is 5.42. The van der Waals surface area contributed by atoms with Crippen LogP contribution in [0.2, 0.25) is 0 Å². The quantitative estimate of drug-likeness (QED) is 0.859. The third-order valence-corrected chi connectivity index (χ3v) is 2.97. The Kier molecular flexibility index (Phi) is 4.35. The molecule has 0 aliphatic rings. The van der Waals surface area contributed by atoms with E-state index in [4.69, 9.17) is 10.5 Å². The van der Waals surface area contributed by atoms with Gasteiger partial charge >= 0.3 is 5.97 Å². The van der Waals surface area contributed by atoms with Gasteiger partial charge in [-0.25, -0.2) is 0 Å². The number of carboxylic acids is 1. The Bertz CT molecular complexity index is 435. The van der Waals surface area contributed by atoms with Gasteiger partial charge in [0.05, 0.1) is 13.0 Å². The molecule has 0 aliphatic carbocycles. The summed E-state index contributed by atoms with van der Waals surface area (Å²) in [5.74, 6) is -1.04. The van der Waals surface area contributed by atoms with Gasteiger partial charge in [0.1, 0.15) is 5.75 Å². The van der Waals surface area contributed by atoms with Crippen LogP contribution in [0.5, 0.6) is 5.75 Å². The predicted molar refractivity (Wildman–Crippen MR) is 71.1 cm³/mol. The summed E-state index contributed by atoms with van der Waals surface area (Å²) in [4.78, 5) is 11.2. The normalized spacial score (nSPS) is 13.2. The fraction of sp³-hybridized carbons (Fsp3) is 0.500. The highest BCUT2D eigenvalue weighted by Crippen LogP contribution is 2.37. The number of rotatable bonds is 4. The minimum atomic E-state index is -0.929. The van der Waals surface area contributed by atoms with Crippen LogP contribution >= 0.6 is 0 Å². The summed E-state index contributed by atoms with van der Waals surface area (Å²) >= 11 is 0. The van der Waals surface area contributed by atoms with E-state index in [0.29, 0.717) is 11.3 Å². The molecule has 0 radical (unpaired) electrons. The Morgan fingerprint density at radius 2 is 2.06 bits per heavy atom. The molecule has 3 N–H and O–H groups in total. The first-order chi connectivity index (χ1) is 8.32. The number of hydrogen-bond donors (Lipinski definition) is 2. The Morgan fingerprint density at radius 1 is 1.44 bits per heavy atom. The maximum atomic E-state index is 11.2. The van der Waals surface area contributed by atoms with Gasteiger partial charge in [0, 0.05) is 12.1 Å². The Labute approximate surface area is 108 Å². The molecule has 100 valence electrons. The number of para-hydroxylation sites is 1. The molecular formula is C14H21NO3. The minimum absolute atomic E-state index is 0.0549. The monoisotopic (exact) mass is 251 g/mol. The lowest BCUT2D eigenvalue weighted by Crippen LogP contribution is -2.23. The number of aliphatic carboxylic acids is 1. The highest BCUT2D eigenvalue weighted by atomic mass is 16.5. The zero-order valence-corrected chi connectivity index (χ0v) is 11.4. The van der Waals surface area contributed by atoms with Gasteiger partial charge in [-0.05, 0) is 11.0 Å². The van der Waals surface area contributed by atoms with Gasteiger partial charge in [-0.15, -0.1) is 0 Å². The van der Waals surface area contributed by atoms with Gasteiger partial charge in [-0.1, -0.05) is 39.0 Å². The van der Waals surface area contributed by atoms with Crippen LogP contribution in [-0.4, -0.2) is 24.7 Å². The van der Waals surface area contributed by atoms with Crippen molar-refractivity contribution < 1.29 is 14.6 Å². The maximum Gasteiger partial charge on any atom is 0.312 e. The van der Waals surface area contributed by atoms with Crippen molar-refractivity contribution in [2.75, 3.05) is 13.7 Å². The molecule has 1 atom stereocenters. The minimum Gasteiger partial charge on any atom is -0.496 e. The molecular weight excluding hydrogens is 230 g/mol. The lowest BCUT2D eigenvalue weighted by molar-refractivity contribution is -0.138. The van der Waals surface area contributed by atoms with Crippen LogP contribution in [0.4, 0.5) is 0 Å². The molecule has 18 heavy (non-hydrogen) atoms. The van der Waals surface area contributed by atoms with Gasteiger partial charge in [-0.2, -0.15) is 0 Å². The molecule has 4 nitrogen and oxygen atoms in total. The molecule has 0 spiro atoms. The fourth-order valence-electron chi connectivity index (χ4n) is 2.01. The van der Waals surface area contributed by atoms with E-state index in [2.05, 4.69) is 20.8 Å². The molecule has 0 heterocycles. The number of hydrogen-bond acceptors (Lipinski definition) is 3. The number of benzene rings is 1. The zero-order chi connectivity index (χ0) is 13.9. The van der Waals surface area contributed by atoms with Crippen LogP contribution in [0.1, 0.15) is 37.8 Å². The van der Waals surface area contributed by atoms with Crippen LogP contribution in [0.15, 0.2) is 18.2 Å². The fourth-order valence-corrected chi connectivity index (χ4v) is 2.01. The molecule has 0 aliphatic heterocycles. The smallest absolute Gasteiger partial charge is 0.312 e. The average molecular weight is 251 g/mol. The molecule has 0 fully saturated rings. The van der Waals surface area contributed by atoms with Crippen LogP contribution in [0, 0.1) is 0 Å². The molecule has 0 aromatic heterocycles. The molecule has 1 aromatic carbocycles. The molecule has 0 saturated carbocycles. The summed E-state index contributed by atoms with van der Waals surface area (Å²) in [6.07, 6.45) is 0. The second-order valence-corrected chi connectivity index (χ2v) is 5.30. The van der Waals surface area contributed by atoms with Crippen molar-refractivity contribution in [1.29, 1.82) is 0 Å². The predicted octanol–water partition coefficient (Wildman–Crippen LogP) is 2.12. The van der Waals surface area contributed by atoms with Crippen LogP contribution in [0.3, 0.4) is 0 Å². The third-order valence-electron chi connectivity index (χ3n) is 2.97. The second kappa shape index (κ2) is 5.40. The highest BCUT2D eigenvalue weighted by molar-refractivity contribution is 5.78.